The number of rotatable bonds is 3. The number of benzene rings is 1. The number of hydrogen-bond acceptors (Lipinski definition) is 2. The van der Waals surface area contributed by atoms with E-state index in [1.165, 1.54) is 12.1 Å². The Labute approximate surface area is 80.9 Å². The quantitative estimate of drug-likeness (QED) is 0.797. The van der Waals surface area contributed by atoms with Gasteiger partial charge in [0.2, 0.25) is 0 Å². The summed E-state index contributed by atoms with van der Waals surface area (Å²) in [6, 6.07) is 3.21. The van der Waals surface area contributed by atoms with Crippen molar-refractivity contribution in [3.63, 3.8) is 0 Å². The summed E-state index contributed by atoms with van der Waals surface area (Å²) in [7, 11) is 0. The van der Waals surface area contributed by atoms with Gasteiger partial charge in [0, 0.05) is 37.2 Å². The van der Waals surface area contributed by atoms with E-state index in [0.29, 0.717) is 12.5 Å². The first-order valence-corrected chi connectivity index (χ1v) is 4.53. The monoisotopic (exact) mass is 199 g/mol. The Bertz CT molecular complexity index is 306. The zero-order valence-electron chi connectivity index (χ0n) is 7.59. The molecule has 0 atom stereocenters. The van der Waals surface area contributed by atoms with Crippen molar-refractivity contribution in [2.45, 2.75) is 0 Å². The van der Waals surface area contributed by atoms with Crippen molar-refractivity contribution in [2.24, 2.45) is 5.92 Å². The van der Waals surface area contributed by atoms with Crippen molar-refractivity contribution >= 4 is 0 Å². The maximum atomic E-state index is 12.7. The van der Waals surface area contributed by atoms with Crippen LogP contribution in [-0.2, 0) is 0 Å². The second-order valence-corrected chi connectivity index (χ2v) is 3.44. The predicted molar refractivity (Wildman–Crippen MR) is 48.2 cm³/mol. The topological polar surface area (TPSA) is 21.3 Å². The maximum absolute atomic E-state index is 12.7. The molecule has 1 fully saturated rings. The molecule has 0 spiro atoms. The van der Waals surface area contributed by atoms with Crippen molar-refractivity contribution in [1.29, 1.82) is 0 Å². The Balaban J connectivity index is 1.94. The summed E-state index contributed by atoms with van der Waals surface area (Å²) in [6.07, 6.45) is 0. The largest absolute Gasteiger partial charge is 0.493 e. The lowest BCUT2D eigenvalue weighted by Gasteiger charge is -2.26. The van der Waals surface area contributed by atoms with Crippen LogP contribution in [0, 0.1) is 17.6 Å². The van der Waals surface area contributed by atoms with Crippen LogP contribution >= 0.6 is 0 Å². The molecule has 1 saturated heterocycles. The minimum Gasteiger partial charge on any atom is -0.493 e. The predicted octanol–water partition coefficient (Wildman–Crippen LogP) is 1.56. The fourth-order valence-electron chi connectivity index (χ4n) is 1.29. The van der Waals surface area contributed by atoms with Crippen LogP contribution in [0.1, 0.15) is 0 Å². The normalized spacial score (nSPS) is 16.4. The summed E-state index contributed by atoms with van der Waals surface area (Å²) < 4.78 is 30.7. The molecule has 0 unspecified atom stereocenters. The summed E-state index contributed by atoms with van der Waals surface area (Å²) in [5.74, 6) is -0.491. The van der Waals surface area contributed by atoms with E-state index < -0.39 is 11.6 Å². The van der Waals surface area contributed by atoms with Crippen LogP contribution in [0.25, 0.3) is 0 Å². The molecular formula is C10H11F2NO. The Hall–Kier alpha value is -1.16. The van der Waals surface area contributed by atoms with Gasteiger partial charge < -0.3 is 10.1 Å². The highest BCUT2D eigenvalue weighted by atomic mass is 19.1. The highest BCUT2D eigenvalue weighted by Crippen LogP contribution is 2.16. The van der Waals surface area contributed by atoms with Gasteiger partial charge in [0.25, 0.3) is 0 Å². The zero-order chi connectivity index (χ0) is 9.97. The molecule has 0 bridgehead atoms. The number of nitrogens with one attached hydrogen (secondary N) is 1. The average Bonchev–Trinajstić information content (AvgIpc) is 1.99. The van der Waals surface area contributed by atoms with E-state index >= 15 is 0 Å². The lowest BCUT2D eigenvalue weighted by molar-refractivity contribution is 0.198. The fourth-order valence-corrected chi connectivity index (χ4v) is 1.29. The smallest absolute Gasteiger partial charge is 0.129 e. The molecule has 1 aliphatic rings. The lowest BCUT2D eigenvalue weighted by Crippen LogP contribution is -2.45. The maximum Gasteiger partial charge on any atom is 0.129 e. The number of hydrogen-bond donors (Lipinski definition) is 1. The molecule has 0 aliphatic carbocycles. The first kappa shape index (κ1) is 9.40. The minimum atomic E-state index is -0.605. The highest BCUT2D eigenvalue weighted by molar-refractivity contribution is 5.23. The first-order valence-electron chi connectivity index (χ1n) is 4.53. The molecule has 0 aromatic heterocycles. The molecule has 2 rings (SSSR count). The van der Waals surface area contributed by atoms with E-state index in [0.717, 1.165) is 19.2 Å². The van der Waals surface area contributed by atoms with Crippen LogP contribution in [0.4, 0.5) is 8.78 Å². The molecule has 0 amide bonds. The van der Waals surface area contributed by atoms with Crippen molar-refractivity contribution in [3.8, 4) is 5.75 Å². The molecule has 76 valence electrons. The van der Waals surface area contributed by atoms with Gasteiger partial charge in [0.1, 0.15) is 17.4 Å². The van der Waals surface area contributed by atoms with Crippen LogP contribution < -0.4 is 10.1 Å². The van der Waals surface area contributed by atoms with Crippen LogP contribution in [0.5, 0.6) is 5.75 Å². The number of ether oxygens (including phenoxy) is 1. The molecular weight excluding hydrogens is 188 g/mol. The second-order valence-electron chi connectivity index (χ2n) is 3.44. The summed E-state index contributed by atoms with van der Waals surface area (Å²) in [4.78, 5) is 0. The van der Waals surface area contributed by atoms with Gasteiger partial charge in [-0.05, 0) is 0 Å². The third-order valence-electron chi connectivity index (χ3n) is 2.19. The van der Waals surface area contributed by atoms with E-state index in [4.69, 9.17) is 4.74 Å². The molecule has 1 N–H and O–H groups in total. The molecule has 1 heterocycles. The SMILES string of the molecule is Fc1cc(F)cc(OCC2CNC2)c1. The van der Waals surface area contributed by atoms with Crippen LogP contribution in [0.2, 0.25) is 0 Å². The molecule has 0 saturated carbocycles. The van der Waals surface area contributed by atoms with Gasteiger partial charge in [-0.25, -0.2) is 8.78 Å². The van der Waals surface area contributed by atoms with E-state index in [2.05, 4.69) is 5.32 Å². The van der Waals surface area contributed by atoms with Crippen LogP contribution in [-0.4, -0.2) is 19.7 Å². The summed E-state index contributed by atoms with van der Waals surface area (Å²) in [5, 5.41) is 3.09. The molecule has 4 heteroatoms. The van der Waals surface area contributed by atoms with Crippen molar-refractivity contribution < 1.29 is 13.5 Å². The number of halogens is 2. The fraction of sp³-hybridized carbons (Fsp3) is 0.400. The van der Waals surface area contributed by atoms with Crippen molar-refractivity contribution in [3.05, 3.63) is 29.8 Å². The first-order chi connectivity index (χ1) is 6.74. The third kappa shape index (κ3) is 2.20. The van der Waals surface area contributed by atoms with Gasteiger partial charge in [-0.3, -0.25) is 0 Å². The zero-order valence-corrected chi connectivity index (χ0v) is 7.59. The van der Waals surface area contributed by atoms with E-state index in [1.807, 2.05) is 0 Å². The van der Waals surface area contributed by atoms with Crippen LogP contribution in [0.15, 0.2) is 18.2 Å². The minimum absolute atomic E-state index is 0.259. The van der Waals surface area contributed by atoms with Gasteiger partial charge in [0.05, 0.1) is 6.61 Å². The second kappa shape index (κ2) is 3.92. The van der Waals surface area contributed by atoms with Gasteiger partial charge in [-0.2, -0.15) is 0 Å². The highest BCUT2D eigenvalue weighted by Gasteiger charge is 2.17. The molecule has 1 aliphatic heterocycles. The van der Waals surface area contributed by atoms with Gasteiger partial charge in [0.15, 0.2) is 0 Å². The Morgan fingerprint density at radius 1 is 1.21 bits per heavy atom. The van der Waals surface area contributed by atoms with Crippen molar-refractivity contribution in [2.75, 3.05) is 19.7 Å². The molecule has 2 nitrogen and oxygen atoms in total. The Morgan fingerprint density at radius 3 is 2.36 bits per heavy atom. The molecule has 1 aromatic rings. The Kier molecular flexibility index (Phi) is 2.63. The van der Waals surface area contributed by atoms with E-state index in [-0.39, 0.29) is 5.75 Å². The van der Waals surface area contributed by atoms with Crippen molar-refractivity contribution in [1.82, 2.24) is 5.32 Å². The molecule has 0 radical (unpaired) electrons. The van der Waals surface area contributed by atoms with E-state index in [9.17, 15) is 8.78 Å². The third-order valence-corrected chi connectivity index (χ3v) is 2.19. The Morgan fingerprint density at radius 2 is 1.86 bits per heavy atom. The van der Waals surface area contributed by atoms with Gasteiger partial charge in [-0.15, -0.1) is 0 Å². The van der Waals surface area contributed by atoms with E-state index in [1.54, 1.807) is 0 Å². The summed E-state index contributed by atoms with van der Waals surface area (Å²) in [6.45, 7) is 2.34. The van der Waals surface area contributed by atoms with Gasteiger partial charge in [-0.1, -0.05) is 0 Å². The lowest BCUT2D eigenvalue weighted by atomic mass is 10.1. The molecule has 14 heavy (non-hydrogen) atoms. The average molecular weight is 199 g/mol. The van der Waals surface area contributed by atoms with Crippen LogP contribution in [0.3, 0.4) is 0 Å². The molecule has 1 aromatic carbocycles. The summed E-state index contributed by atoms with van der Waals surface area (Å²) in [5.41, 5.74) is 0. The van der Waals surface area contributed by atoms with Gasteiger partial charge >= 0.3 is 0 Å². The summed E-state index contributed by atoms with van der Waals surface area (Å²) >= 11 is 0. The standard InChI is InChI=1S/C10H11F2NO/c11-8-1-9(12)3-10(2-8)14-6-7-4-13-5-7/h1-3,7,13H,4-6H2.